The molecule has 0 atom stereocenters. The molecule has 0 spiro atoms. The Hall–Kier alpha value is -1.94. The summed E-state index contributed by atoms with van der Waals surface area (Å²) < 4.78 is 0.789. The van der Waals surface area contributed by atoms with Crippen LogP contribution in [0.3, 0.4) is 0 Å². The fraction of sp³-hybridized carbons (Fsp3) is 0.250. The number of fused-ring (bicyclic) bond motifs is 3. The summed E-state index contributed by atoms with van der Waals surface area (Å²) in [7, 11) is 0. The molecule has 1 N–H and O–H groups in total. The second-order valence-electron chi connectivity index (χ2n) is 5.17. The van der Waals surface area contributed by atoms with Crippen LogP contribution in [0.2, 0.25) is 0 Å². The lowest BCUT2D eigenvalue weighted by molar-refractivity contribution is 0.699. The van der Waals surface area contributed by atoms with Gasteiger partial charge in [-0.2, -0.15) is 0 Å². The molecule has 1 aliphatic rings. The second-order valence-corrected chi connectivity index (χ2v) is 6.27. The van der Waals surface area contributed by atoms with Gasteiger partial charge >= 0.3 is 0 Å². The third-order valence-corrected chi connectivity index (χ3v) is 5.13. The number of rotatable bonds is 1. The molecule has 100 valence electrons. The number of hydrogen-bond acceptors (Lipinski definition) is 3. The van der Waals surface area contributed by atoms with Crippen LogP contribution in [0, 0.1) is 0 Å². The molecule has 0 fully saturated rings. The Morgan fingerprint density at radius 2 is 1.90 bits per heavy atom. The molecule has 3 aromatic rings. The van der Waals surface area contributed by atoms with E-state index in [1.54, 1.807) is 11.3 Å². The number of hydrogen-bond donors (Lipinski definition) is 1. The minimum Gasteiger partial charge on any atom is -0.305 e. The molecule has 2 heterocycles. The molecule has 1 aromatic carbocycles. The highest BCUT2D eigenvalue weighted by Crippen LogP contribution is 2.34. The largest absolute Gasteiger partial charge is 0.305 e. The minimum absolute atomic E-state index is 0.00625. The minimum atomic E-state index is -0.00625. The molecule has 2 aromatic heterocycles. The summed E-state index contributed by atoms with van der Waals surface area (Å²) >= 11 is 1.62. The molecule has 3 nitrogen and oxygen atoms in total. The molecule has 0 aliphatic heterocycles. The van der Waals surface area contributed by atoms with Gasteiger partial charge in [-0.15, -0.1) is 11.3 Å². The van der Waals surface area contributed by atoms with Crippen molar-refractivity contribution in [1.29, 1.82) is 0 Å². The highest BCUT2D eigenvalue weighted by atomic mass is 32.1. The van der Waals surface area contributed by atoms with Crippen molar-refractivity contribution in [2.24, 2.45) is 0 Å². The SMILES string of the molecule is O=c1[nH]c(-c2ccccc2)nc2c3c(sc12)CCCC3. The summed E-state index contributed by atoms with van der Waals surface area (Å²) in [5.74, 6) is 0.675. The summed E-state index contributed by atoms with van der Waals surface area (Å²) in [6.07, 6.45) is 4.58. The molecule has 20 heavy (non-hydrogen) atoms. The number of thiophene rings is 1. The van der Waals surface area contributed by atoms with Crippen LogP contribution in [0.15, 0.2) is 35.1 Å². The fourth-order valence-electron chi connectivity index (χ4n) is 2.86. The molecule has 0 radical (unpaired) electrons. The predicted octanol–water partition coefficient (Wildman–Crippen LogP) is 3.53. The van der Waals surface area contributed by atoms with Gasteiger partial charge in [0.2, 0.25) is 0 Å². The van der Waals surface area contributed by atoms with Gasteiger partial charge in [0, 0.05) is 10.4 Å². The fourth-order valence-corrected chi connectivity index (χ4v) is 4.08. The van der Waals surface area contributed by atoms with Gasteiger partial charge in [0.15, 0.2) is 0 Å². The van der Waals surface area contributed by atoms with Crippen LogP contribution in [0.25, 0.3) is 21.6 Å². The zero-order valence-corrected chi connectivity index (χ0v) is 11.8. The number of aryl methyl sites for hydroxylation is 2. The molecule has 0 amide bonds. The van der Waals surface area contributed by atoms with Gasteiger partial charge in [0.05, 0.1) is 5.52 Å². The molecule has 4 heteroatoms. The van der Waals surface area contributed by atoms with Crippen molar-refractivity contribution in [3.05, 3.63) is 51.1 Å². The van der Waals surface area contributed by atoms with E-state index in [2.05, 4.69) is 4.98 Å². The van der Waals surface area contributed by atoms with Crippen molar-refractivity contribution in [3.8, 4) is 11.4 Å². The van der Waals surface area contributed by atoms with Gasteiger partial charge in [-0.05, 0) is 31.2 Å². The van der Waals surface area contributed by atoms with Crippen LogP contribution in [-0.4, -0.2) is 9.97 Å². The highest BCUT2D eigenvalue weighted by Gasteiger charge is 2.19. The van der Waals surface area contributed by atoms with E-state index < -0.39 is 0 Å². The third-order valence-electron chi connectivity index (χ3n) is 3.85. The predicted molar refractivity (Wildman–Crippen MR) is 82.3 cm³/mol. The molecular weight excluding hydrogens is 268 g/mol. The van der Waals surface area contributed by atoms with E-state index in [4.69, 9.17) is 4.98 Å². The van der Waals surface area contributed by atoms with Gasteiger partial charge in [-0.25, -0.2) is 4.98 Å². The Morgan fingerprint density at radius 3 is 2.75 bits per heavy atom. The zero-order valence-electron chi connectivity index (χ0n) is 11.0. The van der Waals surface area contributed by atoms with Crippen LogP contribution in [0.1, 0.15) is 23.3 Å². The van der Waals surface area contributed by atoms with Crippen LogP contribution in [0.5, 0.6) is 0 Å². The van der Waals surface area contributed by atoms with Gasteiger partial charge < -0.3 is 4.98 Å². The summed E-state index contributed by atoms with van der Waals surface area (Å²) in [5.41, 5.74) is 3.18. The quantitative estimate of drug-likeness (QED) is 0.742. The zero-order chi connectivity index (χ0) is 13.5. The summed E-state index contributed by atoms with van der Waals surface area (Å²) in [6, 6.07) is 9.84. The first-order chi connectivity index (χ1) is 9.83. The number of nitrogens with zero attached hydrogens (tertiary/aromatic N) is 1. The van der Waals surface area contributed by atoms with Crippen LogP contribution < -0.4 is 5.56 Å². The van der Waals surface area contributed by atoms with Crippen LogP contribution in [-0.2, 0) is 12.8 Å². The Morgan fingerprint density at radius 1 is 1.10 bits per heavy atom. The Balaban J connectivity index is 2.00. The Labute approximate surface area is 120 Å². The first-order valence-electron chi connectivity index (χ1n) is 6.93. The normalized spacial score (nSPS) is 14.4. The number of benzene rings is 1. The Bertz CT molecular complexity index is 833. The lowest BCUT2D eigenvalue weighted by atomic mass is 9.98. The number of nitrogens with one attached hydrogen (secondary N) is 1. The molecule has 0 bridgehead atoms. The van der Waals surface area contributed by atoms with Crippen molar-refractivity contribution in [3.63, 3.8) is 0 Å². The van der Waals surface area contributed by atoms with E-state index in [0.29, 0.717) is 5.82 Å². The van der Waals surface area contributed by atoms with E-state index in [1.807, 2.05) is 30.3 Å². The maximum absolute atomic E-state index is 12.3. The highest BCUT2D eigenvalue weighted by molar-refractivity contribution is 7.19. The first kappa shape index (κ1) is 11.9. The third kappa shape index (κ3) is 1.79. The van der Waals surface area contributed by atoms with Crippen LogP contribution in [0.4, 0.5) is 0 Å². The Kier molecular flexibility index (Phi) is 2.70. The van der Waals surface area contributed by atoms with Crippen molar-refractivity contribution in [2.75, 3.05) is 0 Å². The van der Waals surface area contributed by atoms with Crippen LogP contribution >= 0.6 is 11.3 Å². The monoisotopic (exact) mass is 282 g/mol. The summed E-state index contributed by atoms with van der Waals surface area (Å²) in [4.78, 5) is 21.3. The van der Waals surface area contributed by atoms with E-state index in [1.165, 1.54) is 23.3 Å². The summed E-state index contributed by atoms with van der Waals surface area (Å²) in [5, 5.41) is 0. The number of H-pyrrole nitrogens is 1. The molecule has 1 aliphatic carbocycles. The van der Waals surface area contributed by atoms with E-state index in [9.17, 15) is 4.79 Å². The maximum atomic E-state index is 12.3. The first-order valence-corrected chi connectivity index (χ1v) is 7.74. The van der Waals surface area contributed by atoms with Gasteiger partial charge in [0.25, 0.3) is 5.56 Å². The standard InChI is InChI=1S/C16H14N2OS/c19-16-14-13(11-8-4-5-9-12(11)20-14)17-15(18-16)10-6-2-1-3-7-10/h1-3,6-7H,4-5,8-9H2,(H,17,18,19). The van der Waals surface area contributed by atoms with E-state index in [0.717, 1.165) is 28.6 Å². The lowest BCUT2D eigenvalue weighted by Gasteiger charge is -2.09. The number of aromatic amines is 1. The molecule has 0 unspecified atom stereocenters. The van der Waals surface area contributed by atoms with Crippen molar-refractivity contribution in [2.45, 2.75) is 25.7 Å². The maximum Gasteiger partial charge on any atom is 0.269 e. The van der Waals surface area contributed by atoms with Crippen molar-refractivity contribution < 1.29 is 0 Å². The topological polar surface area (TPSA) is 45.8 Å². The van der Waals surface area contributed by atoms with Crippen molar-refractivity contribution >= 4 is 21.6 Å². The smallest absolute Gasteiger partial charge is 0.269 e. The molecule has 0 saturated heterocycles. The van der Waals surface area contributed by atoms with Crippen molar-refractivity contribution in [1.82, 2.24) is 9.97 Å². The van der Waals surface area contributed by atoms with Gasteiger partial charge in [0.1, 0.15) is 10.5 Å². The van der Waals surface area contributed by atoms with E-state index in [-0.39, 0.29) is 5.56 Å². The second kappa shape index (κ2) is 4.56. The van der Waals surface area contributed by atoms with Gasteiger partial charge in [-0.1, -0.05) is 30.3 Å². The molecule has 0 saturated carbocycles. The summed E-state index contributed by atoms with van der Waals surface area (Å²) in [6.45, 7) is 0. The lowest BCUT2D eigenvalue weighted by Crippen LogP contribution is -2.08. The molecular formula is C16H14N2OS. The average Bonchev–Trinajstić information content (AvgIpc) is 2.88. The van der Waals surface area contributed by atoms with Gasteiger partial charge in [-0.3, -0.25) is 4.79 Å². The average molecular weight is 282 g/mol. The number of aromatic nitrogens is 2. The van der Waals surface area contributed by atoms with E-state index >= 15 is 0 Å². The molecule has 4 rings (SSSR count).